The lowest BCUT2D eigenvalue weighted by Gasteiger charge is -2.15. The van der Waals surface area contributed by atoms with E-state index in [1.165, 1.54) is 17.3 Å². The number of benzene rings is 3. The monoisotopic (exact) mass is 489 g/mol. The van der Waals surface area contributed by atoms with Crippen LogP contribution >= 0.6 is 23.1 Å². The van der Waals surface area contributed by atoms with Crippen molar-refractivity contribution in [2.24, 2.45) is 4.99 Å². The van der Waals surface area contributed by atoms with Crippen LogP contribution in [0.3, 0.4) is 0 Å². The zero-order valence-electron chi connectivity index (χ0n) is 18.7. The molecule has 2 atom stereocenters. The molecular formula is C26H23N3O3S2. The first kappa shape index (κ1) is 22.4. The Morgan fingerprint density at radius 2 is 1.85 bits per heavy atom. The largest absolute Gasteiger partial charge is 0.497 e. The molecule has 5 rings (SSSR count). The molecule has 1 aliphatic rings. The van der Waals surface area contributed by atoms with Gasteiger partial charge in [-0.2, -0.15) is 0 Å². The smallest absolute Gasteiger partial charge is 0.234 e. The van der Waals surface area contributed by atoms with E-state index in [0.717, 1.165) is 32.2 Å². The number of carbonyl (C=O) groups is 1. The lowest BCUT2D eigenvalue weighted by atomic mass is 10.1. The number of hydrogen-bond donors (Lipinski definition) is 1. The number of fused-ring (bicyclic) bond motifs is 1. The van der Waals surface area contributed by atoms with Gasteiger partial charge in [0.25, 0.3) is 0 Å². The summed E-state index contributed by atoms with van der Waals surface area (Å²) in [4.78, 5) is 22.3. The Balaban J connectivity index is 1.33. The van der Waals surface area contributed by atoms with Gasteiger partial charge in [-0.05, 0) is 55.5 Å². The fourth-order valence-corrected chi connectivity index (χ4v) is 5.61. The van der Waals surface area contributed by atoms with Crippen LogP contribution in [0, 0.1) is 6.92 Å². The van der Waals surface area contributed by atoms with E-state index in [9.17, 15) is 4.79 Å². The number of thiazole rings is 1. The highest BCUT2D eigenvalue weighted by Crippen LogP contribution is 2.40. The van der Waals surface area contributed by atoms with Crippen LogP contribution in [0.2, 0.25) is 0 Å². The molecule has 6 nitrogen and oxygen atoms in total. The number of para-hydroxylation sites is 1. The number of amides is 1. The highest BCUT2D eigenvalue weighted by molar-refractivity contribution is 8.00. The predicted molar refractivity (Wildman–Crippen MR) is 139 cm³/mol. The Labute approximate surface area is 206 Å². The Morgan fingerprint density at radius 3 is 2.59 bits per heavy atom. The Kier molecular flexibility index (Phi) is 6.51. The summed E-state index contributed by atoms with van der Waals surface area (Å²) < 4.78 is 12.5. The number of carbonyl (C=O) groups excluding carboxylic acids is 1. The summed E-state index contributed by atoms with van der Waals surface area (Å²) in [6, 6.07) is 23.1. The van der Waals surface area contributed by atoms with E-state index in [2.05, 4.69) is 11.4 Å². The summed E-state index contributed by atoms with van der Waals surface area (Å²) in [5.74, 6) is 1.45. The van der Waals surface area contributed by atoms with Crippen LogP contribution < -0.4 is 10.1 Å². The maximum atomic E-state index is 12.6. The molecule has 0 spiro atoms. The van der Waals surface area contributed by atoms with Gasteiger partial charge in [-0.15, -0.1) is 23.1 Å². The van der Waals surface area contributed by atoms with Gasteiger partial charge >= 0.3 is 0 Å². The number of thioether (sulfide) groups is 1. The van der Waals surface area contributed by atoms with Crippen molar-refractivity contribution >= 4 is 50.8 Å². The maximum Gasteiger partial charge on any atom is 0.234 e. The van der Waals surface area contributed by atoms with Gasteiger partial charge < -0.3 is 14.8 Å². The summed E-state index contributed by atoms with van der Waals surface area (Å²) in [5, 5.41) is 3.81. The second-order valence-electron chi connectivity index (χ2n) is 7.84. The number of hydrogen-bond acceptors (Lipinski definition) is 7. The minimum Gasteiger partial charge on any atom is -0.497 e. The normalized spacial score (nSPS) is 17.3. The first-order valence-electron chi connectivity index (χ1n) is 10.8. The SMILES string of the molecule is COc1ccc(NC(=O)CS[C@@H]2OC(c3ccc(C)cc3)=N[C@H]2c2nc3ccccc3s2)cc1. The second kappa shape index (κ2) is 9.87. The van der Waals surface area contributed by atoms with Crippen molar-refractivity contribution in [1.82, 2.24) is 4.98 Å². The van der Waals surface area contributed by atoms with Crippen molar-refractivity contribution in [3.05, 3.63) is 88.9 Å². The van der Waals surface area contributed by atoms with Crippen molar-refractivity contribution < 1.29 is 14.3 Å². The molecule has 2 heterocycles. The number of aliphatic imine (C=N–C) groups is 1. The van der Waals surface area contributed by atoms with Crippen LogP contribution in [0.1, 0.15) is 22.2 Å². The number of nitrogens with one attached hydrogen (secondary N) is 1. The zero-order valence-corrected chi connectivity index (χ0v) is 20.4. The second-order valence-corrected chi connectivity index (χ2v) is 9.99. The molecule has 34 heavy (non-hydrogen) atoms. The van der Waals surface area contributed by atoms with E-state index >= 15 is 0 Å². The van der Waals surface area contributed by atoms with E-state index < -0.39 is 0 Å². The minimum absolute atomic E-state index is 0.106. The summed E-state index contributed by atoms with van der Waals surface area (Å²) in [7, 11) is 1.61. The summed E-state index contributed by atoms with van der Waals surface area (Å²) >= 11 is 3.04. The number of rotatable bonds is 7. The van der Waals surface area contributed by atoms with Crippen molar-refractivity contribution in [2.75, 3.05) is 18.2 Å². The van der Waals surface area contributed by atoms with Crippen LogP contribution in [0.15, 0.2) is 77.8 Å². The third kappa shape index (κ3) is 4.93. The minimum atomic E-state index is -0.349. The van der Waals surface area contributed by atoms with Crippen LogP contribution in [0.25, 0.3) is 10.2 Å². The first-order chi connectivity index (χ1) is 16.6. The molecule has 0 bridgehead atoms. The van der Waals surface area contributed by atoms with E-state index in [4.69, 9.17) is 19.5 Å². The highest BCUT2D eigenvalue weighted by Gasteiger charge is 2.36. The predicted octanol–water partition coefficient (Wildman–Crippen LogP) is 5.83. The van der Waals surface area contributed by atoms with Gasteiger partial charge in [-0.3, -0.25) is 4.79 Å². The molecule has 0 aliphatic carbocycles. The standard InChI is InChI=1S/C26H23N3O3S2/c1-16-7-9-17(10-8-16)24-29-23(25-28-20-5-3-4-6-21(20)34-25)26(32-24)33-15-22(30)27-18-11-13-19(31-2)14-12-18/h3-14,23,26H,15H2,1-2H3,(H,27,30)/t23-,26-/m0/s1. The number of anilines is 1. The van der Waals surface area contributed by atoms with Gasteiger partial charge in [0, 0.05) is 11.3 Å². The van der Waals surface area contributed by atoms with E-state index in [-0.39, 0.29) is 23.1 Å². The Bertz CT molecular complexity index is 1300. The molecule has 0 fully saturated rings. The van der Waals surface area contributed by atoms with Crippen molar-refractivity contribution in [2.45, 2.75) is 18.4 Å². The van der Waals surface area contributed by atoms with Gasteiger partial charge in [0.15, 0.2) is 11.5 Å². The molecule has 0 saturated carbocycles. The van der Waals surface area contributed by atoms with Crippen molar-refractivity contribution in [3.63, 3.8) is 0 Å². The molecule has 4 aromatic rings. The van der Waals surface area contributed by atoms with E-state index in [1.807, 2.05) is 73.7 Å². The summed E-state index contributed by atoms with van der Waals surface area (Å²) in [6.07, 6.45) is 0. The highest BCUT2D eigenvalue weighted by atomic mass is 32.2. The molecule has 8 heteroatoms. The lowest BCUT2D eigenvalue weighted by Crippen LogP contribution is -2.19. The van der Waals surface area contributed by atoms with Crippen molar-refractivity contribution in [1.29, 1.82) is 0 Å². The van der Waals surface area contributed by atoms with Gasteiger partial charge in [0.2, 0.25) is 11.8 Å². The number of aryl methyl sites for hydroxylation is 1. The molecule has 3 aromatic carbocycles. The Hall–Kier alpha value is -3.36. The molecule has 1 N–H and O–H groups in total. The van der Waals surface area contributed by atoms with Gasteiger partial charge in [0.05, 0.1) is 23.1 Å². The first-order valence-corrected chi connectivity index (χ1v) is 12.7. The molecule has 0 saturated heterocycles. The number of nitrogens with zero attached hydrogens (tertiary/aromatic N) is 2. The fraction of sp³-hybridized carbons (Fsp3) is 0.192. The molecule has 0 radical (unpaired) electrons. The van der Waals surface area contributed by atoms with Crippen LogP contribution in [-0.4, -0.2) is 35.1 Å². The van der Waals surface area contributed by atoms with Crippen LogP contribution in [0.4, 0.5) is 5.69 Å². The topological polar surface area (TPSA) is 72.8 Å². The Morgan fingerprint density at radius 1 is 1.09 bits per heavy atom. The van der Waals surface area contributed by atoms with Crippen LogP contribution in [0.5, 0.6) is 5.75 Å². The summed E-state index contributed by atoms with van der Waals surface area (Å²) in [6.45, 7) is 2.05. The van der Waals surface area contributed by atoms with Gasteiger partial charge in [0.1, 0.15) is 10.8 Å². The average molecular weight is 490 g/mol. The molecule has 1 aromatic heterocycles. The lowest BCUT2D eigenvalue weighted by molar-refractivity contribution is -0.113. The van der Waals surface area contributed by atoms with Gasteiger partial charge in [-0.25, -0.2) is 9.98 Å². The zero-order chi connectivity index (χ0) is 23.5. The summed E-state index contributed by atoms with van der Waals surface area (Å²) in [5.41, 5.74) is 3.41. The molecule has 172 valence electrons. The molecular weight excluding hydrogens is 466 g/mol. The number of aromatic nitrogens is 1. The third-order valence-electron chi connectivity index (χ3n) is 5.36. The molecule has 0 unspecified atom stereocenters. The van der Waals surface area contributed by atoms with E-state index in [0.29, 0.717) is 5.90 Å². The fourth-order valence-electron chi connectivity index (χ4n) is 3.57. The third-order valence-corrected chi connectivity index (χ3v) is 7.57. The van der Waals surface area contributed by atoms with E-state index in [1.54, 1.807) is 18.4 Å². The maximum absolute atomic E-state index is 12.6. The van der Waals surface area contributed by atoms with Crippen LogP contribution in [-0.2, 0) is 9.53 Å². The molecule has 1 aliphatic heterocycles. The molecule has 1 amide bonds. The number of methoxy groups -OCH3 is 1. The number of ether oxygens (including phenoxy) is 2. The van der Waals surface area contributed by atoms with Gasteiger partial charge in [-0.1, -0.05) is 29.8 Å². The average Bonchev–Trinajstić information content (AvgIpc) is 3.48. The van der Waals surface area contributed by atoms with Crippen molar-refractivity contribution in [3.8, 4) is 5.75 Å². The quantitative estimate of drug-likeness (QED) is 0.354.